The van der Waals surface area contributed by atoms with Crippen molar-refractivity contribution in [3.63, 3.8) is 0 Å². The maximum absolute atomic E-state index is 11.8. The van der Waals surface area contributed by atoms with Crippen LogP contribution in [0, 0.1) is 0 Å². The van der Waals surface area contributed by atoms with E-state index in [-0.39, 0.29) is 16.9 Å². The smallest absolute Gasteiger partial charge is 0.251 e. The average molecular weight is 309 g/mol. The second-order valence-corrected chi connectivity index (χ2v) is 4.72. The Hall–Kier alpha value is -1.99. The summed E-state index contributed by atoms with van der Waals surface area (Å²) in [7, 11) is 1.62. The van der Waals surface area contributed by atoms with E-state index in [1.807, 2.05) is 0 Å². The number of rotatable bonds is 6. The Morgan fingerprint density at radius 3 is 2.48 bits per heavy atom. The molecule has 2 amide bonds. The largest absolute Gasteiger partial charge is 0.385 e. The predicted molar refractivity (Wildman–Crippen MR) is 85.3 cm³/mol. The van der Waals surface area contributed by atoms with Crippen LogP contribution in [0.25, 0.3) is 0 Å². The van der Waals surface area contributed by atoms with Crippen LogP contribution in [0.15, 0.2) is 24.3 Å². The van der Waals surface area contributed by atoms with Gasteiger partial charge in [-0.2, -0.15) is 0 Å². The lowest BCUT2D eigenvalue weighted by atomic mass is 10.2. The molecule has 0 radical (unpaired) electrons. The number of carbonyl (C=O) groups is 2. The summed E-state index contributed by atoms with van der Waals surface area (Å²) in [5, 5.41) is 8.33. The van der Waals surface area contributed by atoms with Crippen molar-refractivity contribution >= 4 is 34.8 Å². The molecule has 1 aromatic rings. The monoisotopic (exact) mass is 309 g/mol. The zero-order chi connectivity index (χ0) is 15.7. The number of benzene rings is 1. The molecule has 0 aromatic heterocycles. The predicted octanol–water partition coefficient (Wildman–Crippen LogP) is 1.29. The highest BCUT2D eigenvalue weighted by atomic mass is 32.1. The summed E-state index contributed by atoms with van der Waals surface area (Å²) in [5.41, 5.74) is 1.26. The van der Waals surface area contributed by atoms with Gasteiger partial charge < -0.3 is 20.7 Å². The van der Waals surface area contributed by atoms with Crippen molar-refractivity contribution in [2.45, 2.75) is 13.3 Å². The SMILES string of the molecule is COCCCNC(=O)c1ccc(NC(=S)NC(C)=O)cc1. The Morgan fingerprint density at radius 2 is 1.90 bits per heavy atom. The van der Waals surface area contributed by atoms with E-state index in [1.165, 1.54) is 6.92 Å². The topological polar surface area (TPSA) is 79.5 Å². The van der Waals surface area contributed by atoms with Crippen molar-refractivity contribution in [3.05, 3.63) is 29.8 Å². The standard InChI is InChI=1S/C14H19N3O3S/c1-10(18)16-14(21)17-12-6-4-11(5-7-12)13(19)15-8-3-9-20-2/h4-7H,3,8-9H2,1-2H3,(H,15,19)(H2,16,17,18,21). The number of amides is 2. The van der Waals surface area contributed by atoms with Crippen LogP contribution in [0.3, 0.4) is 0 Å². The van der Waals surface area contributed by atoms with Gasteiger partial charge >= 0.3 is 0 Å². The number of ether oxygens (including phenoxy) is 1. The maximum Gasteiger partial charge on any atom is 0.251 e. The lowest BCUT2D eigenvalue weighted by Crippen LogP contribution is -2.32. The summed E-state index contributed by atoms with van der Waals surface area (Å²) < 4.78 is 4.91. The van der Waals surface area contributed by atoms with Crippen molar-refractivity contribution < 1.29 is 14.3 Å². The molecule has 3 N–H and O–H groups in total. The molecule has 0 aliphatic rings. The highest BCUT2D eigenvalue weighted by molar-refractivity contribution is 7.80. The van der Waals surface area contributed by atoms with Crippen LogP contribution < -0.4 is 16.0 Å². The summed E-state index contributed by atoms with van der Waals surface area (Å²) in [6, 6.07) is 6.81. The first-order valence-electron chi connectivity index (χ1n) is 6.48. The van der Waals surface area contributed by atoms with Crippen LogP contribution in [0.5, 0.6) is 0 Å². The first-order valence-corrected chi connectivity index (χ1v) is 6.89. The molecule has 0 fully saturated rings. The Kier molecular flexibility index (Phi) is 7.34. The van der Waals surface area contributed by atoms with Gasteiger partial charge in [0.05, 0.1) is 0 Å². The van der Waals surface area contributed by atoms with Crippen molar-refractivity contribution in [3.8, 4) is 0 Å². The van der Waals surface area contributed by atoms with Gasteiger partial charge in [-0.15, -0.1) is 0 Å². The fraction of sp³-hybridized carbons (Fsp3) is 0.357. The van der Waals surface area contributed by atoms with Gasteiger partial charge in [-0.1, -0.05) is 0 Å². The summed E-state index contributed by atoms with van der Waals surface area (Å²) in [4.78, 5) is 22.7. The molecule has 0 heterocycles. The second kappa shape index (κ2) is 9.04. The highest BCUT2D eigenvalue weighted by Crippen LogP contribution is 2.09. The van der Waals surface area contributed by atoms with E-state index in [0.29, 0.717) is 24.4 Å². The van der Waals surface area contributed by atoms with Gasteiger partial charge in [0.25, 0.3) is 5.91 Å². The molecule has 0 aliphatic carbocycles. The first-order chi connectivity index (χ1) is 10.0. The molecule has 21 heavy (non-hydrogen) atoms. The number of carbonyl (C=O) groups excluding carboxylic acids is 2. The Morgan fingerprint density at radius 1 is 1.24 bits per heavy atom. The average Bonchev–Trinajstić information content (AvgIpc) is 2.43. The van der Waals surface area contributed by atoms with E-state index in [1.54, 1.807) is 31.4 Å². The van der Waals surface area contributed by atoms with Gasteiger partial charge in [0.1, 0.15) is 0 Å². The summed E-state index contributed by atoms with van der Waals surface area (Å²) in [6.45, 7) is 2.56. The van der Waals surface area contributed by atoms with E-state index in [2.05, 4.69) is 16.0 Å². The minimum Gasteiger partial charge on any atom is -0.385 e. The van der Waals surface area contributed by atoms with E-state index < -0.39 is 0 Å². The number of thiocarbonyl (C=S) groups is 1. The molecule has 7 heteroatoms. The molecule has 0 saturated carbocycles. The fourth-order valence-corrected chi connectivity index (χ4v) is 1.81. The molecule has 0 bridgehead atoms. The summed E-state index contributed by atoms with van der Waals surface area (Å²) in [5.74, 6) is -0.373. The van der Waals surface area contributed by atoms with Gasteiger partial charge in [0.2, 0.25) is 5.91 Å². The molecule has 6 nitrogen and oxygen atoms in total. The number of nitrogens with one attached hydrogen (secondary N) is 3. The molecule has 114 valence electrons. The minimum absolute atomic E-state index is 0.137. The molecule has 0 saturated heterocycles. The highest BCUT2D eigenvalue weighted by Gasteiger charge is 2.05. The Labute approximate surface area is 129 Å². The molecule has 1 aromatic carbocycles. The normalized spacial score (nSPS) is 9.81. The molecule has 0 unspecified atom stereocenters. The maximum atomic E-state index is 11.8. The van der Waals surface area contributed by atoms with Gasteiger partial charge in [-0.05, 0) is 42.9 Å². The Bertz CT molecular complexity index is 503. The molecular weight excluding hydrogens is 290 g/mol. The Balaban J connectivity index is 2.47. The number of hydrogen-bond donors (Lipinski definition) is 3. The number of hydrogen-bond acceptors (Lipinski definition) is 4. The van der Waals surface area contributed by atoms with Crippen LogP contribution >= 0.6 is 12.2 Å². The second-order valence-electron chi connectivity index (χ2n) is 4.31. The van der Waals surface area contributed by atoms with E-state index in [9.17, 15) is 9.59 Å². The minimum atomic E-state index is -0.237. The molecular formula is C14H19N3O3S. The zero-order valence-corrected chi connectivity index (χ0v) is 12.9. The van der Waals surface area contributed by atoms with Gasteiger partial charge in [-0.3, -0.25) is 9.59 Å². The quantitative estimate of drug-likeness (QED) is 0.545. The van der Waals surface area contributed by atoms with Crippen LogP contribution in [0.2, 0.25) is 0 Å². The molecule has 1 rings (SSSR count). The number of anilines is 1. The third-order valence-electron chi connectivity index (χ3n) is 2.51. The van der Waals surface area contributed by atoms with Crippen LogP contribution in [0.1, 0.15) is 23.7 Å². The number of methoxy groups -OCH3 is 1. The lowest BCUT2D eigenvalue weighted by Gasteiger charge is -2.09. The van der Waals surface area contributed by atoms with Crippen molar-refractivity contribution in [2.75, 3.05) is 25.6 Å². The van der Waals surface area contributed by atoms with Crippen LogP contribution in [-0.2, 0) is 9.53 Å². The van der Waals surface area contributed by atoms with E-state index in [4.69, 9.17) is 17.0 Å². The van der Waals surface area contributed by atoms with Gasteiger partial charge in [0.15, 0.2) is 5.11 Å². The van der Waals surface area contributed by atoms with Crippen LogP contribution in [0.4, 0.5) is 5.69 Å². The fourth-order valence-electron chi connectivity index (χ4n) is 1.55. The van der Waals surface area contributed by atoms with Crippen molar-refractivity contribution in [1.82, 2.24) is 10.6 Å². The third kappa shape index (κ3) is 6.82. The summed E-state index contributed by atoms with van der Waals surface area (Å²) >= 11 is 4.94. The molecule has 0 spiro atoms. The van der Waals surface area contributed by atoms with Gasteiger partial charge in [0, 0.05) is 38.4 Å². The third-order valence-corrected chi connectivity index (χ3v) is 2.71. The lowest BCUT2D eigenvalue weighted by molar-refractivity contribution is -0.117. The zero-order valence-electron chi connectivity index (χ0n) is 12.1. The van der Waals surface area contributed by atoms with Crippen molar-refractivity contribution in [1.29, 1.82) is 0 Å². The summed E-state index contributed by atoms with van der Waals surface area (Å²) in [6.07, 6.45) is 0.771. The van der Waals surface area contributed by atoms with Gasteiger partial charge in [-0.25, -0.2) is 0 Å². The molecule has 0 aliphatic heterocycles. The van der Waals surface area contributed by atoms with E-state index in [0.717, 1.165) is 6.42 Å². The van der Waals surface area contributed by atoms with E-state index >= 15 is 0 Å². The first kappa shape index (κ1) is 17.1. The molecule has 0 atom stereocenters. The van der Waals surface area contributed by atoms with Crippen molar-refractivity contribution in [2.24, 2.45) is 0 Å². The van der Waals surface area contributed by atoms with Crippen LogP contribution in [-0.4, -0.2) is 37.2 Å².